The summed E-state index contributed by atoms with van der Waals surface area (Å²) in [5, 5.41) is 0.635. The van der Waals surface area contributed by atoms with Crippen molar-refractivity contribution in [2.75, 3.05) is 0 Å². The van der Waals surface area contributed by atoms with Crippen LogP contribution in [0.15, 0.2) is 59.7 Å². The van der Waals surface area contributed by atoms with Gasteiger partial charge < -0.3 is 18.8 Å². The number of hydrogen-bond acceptors (Lipinski definition) is 4. The van der Waals surface area contributed by atoms with Crippen LogP contribution >= 0.6 is 0 Å². The third-order valence-corrected chi connectivity index (χ3v) is 5.12. The molecule has 10 heteroatoms. The number of fused-ring (bicyclic) bond motifs is 1. The Labute approximate surface area is 177 Å². The Morgan fingerprint density at radius 1 is 1.13 bits per heavy atom. The predicted molar refractivity (Wildman–Crippen MR) is 111 cm³/mol. The molecule has 0 bridgehead atoms. The van der Waals surface area contributed by atoms with E-state index in [4.69, 9.17) is 4.74 Å². The molecule has 1 atom stereocenters. The number of benzene rings is 2. The van der Waals surface area contributed by atoms with Gasteiger partial charge >= 0.3 is 0 Å². The second-order valence-electron chi connectivity index (χ2n) is 6.79. The van der Waals surface area contributed by atoms with Crippen LogP contribution in [0.5, 0.6) is 11.5 Å². The van der Waals surface area contributed by atoms with Gasteiger partial charge in [0.15, 0.2) is 11.6 Å². The predicted octanol–water partition coefficient (Wildman–Crippen LogP) is 3.49. The molecule has 2 aromatic heterocycles. The zero-order valence-corrected chi connectivity index (χ0v) is 17.0. The summed E-state index contributed by atoms with van der Waals surface area (Å²) in [6.45, 7) is 0.0383. The molecule has 2 N–H and O–H groups in total. The fourth-order valence-electron chi connectivity index (χ4n) is 3.28. The van der Waals surface area contributed by atoms with Crippen molar-refractivity contribution in [3.8, 4) is 22.6 Å². The summed E-state index contributed by atoms with van der Waals surface area (Å²) < 4.78 is 58.2. The number of halogens is 2. The highest BCUT2D eigenvalue weighted by molar-refractivity contribution is 7.77. The first kappa shape index (κ1) is 20.9. The van der Waals surface area contributed by atoms with Gasteiger partial charge in [-0.15, -0.1) is 0 Å². The maximum absolute atomic E-state index is 13.6. The van der Waals surface area contributed by atoms with E-state index in [-0.39, 0.29) is 17.9 Å². The average Bonchev–Trinajstić information content (AvgIpc) is 3.23. The third kappa shape index (κ3) is 4.26. The summed E-state index contributed by atoms with van der Waals surface area (Å²) in [4.78, 5) is 15.3. The lowest BCUT2D eigenvalue weighted by atomic mass is 10.0. The highest BCUT2D eigenvalue weighted by Crippen LogP contribution is 2.37. The lowest BCUT2D eigenvalue weighted by Crippen LogP contribution is -2.17. The van der Waals surface area contributed by atoms with Gasteiger partial charge in [0.05, 0.1) is 0 Å². The molecule has 0 aliphatic carbocycles. The lowest BCUT2D eigenvalue weighted by molar-refractivity contribution is 0.462. The first-order valence-corrected chi connectivity index (χ1v) is 10.2. The minimum Gasteiger partial charge on any atom is -0.760 e. The van der Waals surface area contributed by atoms with Crippen molar-refractivity contribution < 1.29 is 22.3 Å². The molecule has 0 saturated heterocycles. The molecule has 2 heterocycles. The van der Waals surface area contributed by atoms with Crippen molar-refractivity contribution in [2.45, 2.75) is 6.54 Å². The number of pyridine rings is 1. The summed E-state index contributed by atoms with van der Waals surface area (Å²) in [5.41, 5.74) is 1.99. The first-order valence-electron chi connectivity index (χ1n) is 9.09. The molecule has 2 aromatic carbocycles. The van der Waals surface area contributed by atoms with Crippen LogP contribution in [0.4, 0.5) is 8.78 Å². The zero-order chi connectivity index (χ0) is 22.1. The van der Waals surface area contributed by atoms with Gasteiger partial charge in [0.1, 0.15) is 17.0 Å². The first-order chi connectivity index (χ1) is 14.8. The van der Waals surface area contributed by atoms with Gasteiger partial charge in [0.2, 0.25) is 0 Å². The largest absolute Gasteiger partial charge is 0.760 e. The normalized spacial score (nSPS) is 12.3. The maximum Gasteiger partial charge on any atom is 0.274 e. The number of nitrogens with zero attached hydrogens (tertiary/aromatic N) is 1. The number of aromatic amines is 1. The Balaban J connectivity index is 1.87. The van der Waals surface area contributed by atoms with Gasteiger partial charge in [-0.2, -0.15) is 0 Å². The van der Waals surface area contributed by atoms with Crippen molar-refractivity contribution >= 4 is 22.2 Å². The fourth-order valence-corrected chi connectivity index (χ4v) is 3.56. The van der Waals surface area contributed by atoms with Crippen LogP contribution in [0.2, 0.25) is 0 Å². The maximum atomic E-state index is 13.6. The SMILES string of the molecule is Cn1cc(-c2cc(CNS(=O)[O-])ccc2Oc2ccc(F)c(F)c2)c2cc[nH]c2c1=O. The van der Waals surface area contributed by atoms with E-state index in [1.165, 1.54) is 10.6 Å². The number of aryl methyl sites for hydroxylation is 1. The Bertz CT molecular complexity index is 1370. The third-order valence-electron chi connectivity index (χ3n) is 4.74. The molecule has 0 radical (unpaired) electrons. The summed E-state index contributed by atoms with van der Waals surface area (Å²) in [6, 6.07) is 9.89. The Morgan fingerprint density at radius 2 is 1.94 bits per heavy atom. The minimum absolute atomic E-state index is 0.0383. The molecule has 0 spiro atoms. The quantitative estimate of drug-likeness (QED) is 0.445. The Hall–Kier alpha value is -3.34. The van der Waals surface area contributed by atoms with Crippen LogP contribution in [0.3, 0.4) is 0 Å². The number of rotatable bonds is 6. The molecule has 0 aliphatic rings. The van der Waals surface area contributed by atoms with E-state index in [2.05, 4.69) is 9.71 Å². The topological polar surface area (TPSA) is 99.2 Å². The van der Waals surface area contributed by atoms with E-state index in [1.807, 2.05) is 0 Å². The summed E-state index contributed by atoms with van der Waals surface area (Å²) >= 11 is -2.44. The van der Waals surface area contributed by atoms with E-state index in [0.29, 0.717) is 33.3 Å². The molecule has 4 aromatic rings. The van der Waals surface area contributed by atoms with E-state index >= 15 is 0 Å². The van der Waals surface area contributed by atoms with E-state index in [1.54, 1.807) is 43.7 Å². The van der Waals surface area contributed by atoms with Gasteiger partial charge in [0, 0.05) is 59.8 Å². The summed E-state index contributed by atoms with van der Waals surface area (Å²) in [6.07, 6.45) is 3.27. The highest BCUT2D eigenvalue weighted by Gasteiger charge is 2.16. The minimum atomic E-state index is -2.44. The summed E-state index contributed by atoms with van der Waals surface area (Å²) in [7, 11) is 1.61. The molecule has 0 amide bonds. The molecule has 31 heavy (non-hydrogen) atoms. The fraction of sp³-hybridized carbons (Fsp3) is 0.0952. The van der Waals surface area contributed by atoms with Crippen molar-refractivity contribution in [2.24, 2.45) is 7.05 Å². The standard InChI is InChI=1S/C21H17F2N3O4S/c1-26-11-16(14-6-7-24-20(14)21(26)27)15-8-12(10-25-31(28)29)2-5-19(15)30-13-3-4-17(22)18(23)9-13/h2-9,11,24-25H,10H2,1H3,(H,28,29)/p-1. The molecule has 7 nitrogen and oxygen atoms in total. The number of H-pyrrole nitrogens is 1. The highest BCUT2D eigenvalue weighted by atomic mass is 32.2. The van der Waals surface area contributed by atoms with Gasteiger partial charge in [-0.1, -0.05) is 6.07 Å². The second kappa shape index (κ2) is 8.42. The van der Waals surface area contributed by atoms with Gasteiger partial charge in [-0.05, 0) is 35.9 Å². The van der Waals surface area contributed by atoms with Crippen molar-refractivity contribution in [3.63, 3.8) is 0 Å². The molecule has 4 rings (SSSR count). The molecule has 0 aliphatic heterocycles. The van der Waals surface area contributed by atoms with Crippen LogP contribution in [0.25, 0.3) is 22.0 Å². The lowest BCUT2D eigenvalue weighted by Gasteiger charge is -2.16. The van der Waals surface area contributed by atoms with Gasteiger partial charge in [-0.25, -0.2) is 13.5 Å². The second-order valence-corrected chi connectivity index (χ2v) is 7.55. The molecule has 0 fully saturated rings. The van der Waals surface area contributed by atoms with E-state index < -0.39 is 22.9 Å². The average molecular weight is 444 g/mol. The van der Waals surface area contributed by atoms with Crippen LogP contribution in [0.1, 0.15) is 5.56 Å². The number of nitrogens with one attached hydrogen (secondary N) is 2. The van der Waals surface area contributed by atoms with Crippen LogP contribution in [0, 0.1) is 11.6 Å². The monoisotopic (exact) mass is 444 g/mol. The van der Waals surface area contributed by atoms with Crippen molar-refractivity contribution in [1.82, 2.24) is 14.3 Å². The van der Waals surface area contributed by atoms with Crippen molar-refractivity contribution in [3.05, 3.63) is 82.4 Å². The zero-order valence-electron chi connectivity index (χ0n) is 16.1. The van der Waals surface area contributed by atoms with Crippen molar-refractivity contribution in [1.29, 1.82) is 0 Å². The molecular weight excluding hydrogens is 428 g/mol. The number of ether oxygens (including phenoxy) is 1. The molecular formula is C21H16F2N3O4S-. The molecule has 0 saturated carbocycles. The Kier molecular flexibility index (Phi) is 5.68. The van der Waals surface area contributed by atoms with E-state index in [0.717, 1.165) is 12.1 Å². The van der Waals surface area contributed by atoms with Gasteiger partial charge in [-0.3, -0.25) is 9.00 Å². The van der Waals surface area contributed by atoms with Crippen LogP contribution < -0.4 is 15.0 Å². The van der Waals surface area contributed by atoms with E-state index in [9.17, 15) is 22.3 Å². The van der Waals surface area contributed by atoms with Crippen LogP contribution in [-0.2, 0) is 24.9 Å². The Morgan fingerprint density at radius 3 is 2.68 bits per heavy atom. The number of hydrogen-bond donors (Lipinski definition) is 2. The van der Waals surface area contributed by atoms with Crippen LogP contribution in [-0.4, -0.2) is 18.3 Å². The molecule has 1 unspecified atom stereocenters. The number of aromatic nitrogens is 2. The summed E-state index contributed by atoms with van der Waals surface area (Å²) in [5.74, 6) is -1.64. The van der Waals surface area contributed by atoms with Gasteiger partial charge in [0.25, 0.3) is 5.56 Å². The molecule has 160 valence electrons. The smallest absolute Gasteiger partial charge is 0.274 e.